The van der Waals surface area contributed by atoms with Crippen molar-refractivity contribution in [3.8, 4) is 0 Å². The van der Waals surface area contributed by atoms with Crippen LogP contribution in [0, 0.1) is 10.1 Å². The first-order chi connectivity index (χ1) is 6.75. The first-order valence-corrected chi connectivity index (χ1v) is 4.58. The molecule has 0 spiro atoms. The van der Waals surface area contributed by atoms with Crippen molar-refractivity contribution in [3.63, 3.8) is 0 Å². The number of anilines is 1. The molecule has 1 N–H and O–H groups in total. The maximum atomic E-state index is 10.4. The summed E-state index contributed by atoms with van der Waals surface area (Å²) in [6.45, 7) is 6.54. The van der Waals surface area contributed by atoms with Crippen molar-refractivity contribution in [3.05, 3.63) is 28.6 Å². The molecule has 1 heterocycles. The highest BCUT2D eigenvalue weighted by atomic mass is 16.6. The fourth-order valence-electron chi connectivity index (χ4n) is 0.872. The Morgan fingerprint density at radius 3 is 2.71 bits per heavy atom. The van der Waals surface area contributed by atoms with Crippen LogP contribution in [0.1, 0.15) is 20.8 Å². The Morgan fingerprint density at radius 2 is 2.21 bits per heavy atom. The number of nitro groups is 1. The average Bonchev–Trinajstić information content (AvgIpc) is 2.22. The minimum Gasteiger partial charge on any atom is -0.380 e. The monoisotopic (exact) mass is 197 g/mol. The molecule has 0 aliphatic rings. The Morgan fingerprint density at radius 1 is 1.57 bits per heavy atom. The molecule has 0 radical (unpaired) electrons. The molecule has 0 amide bonds. The van der Waals surface area contributed by atoms with Gasteiger partial charge in [-0.1, -0.05) is 13.8 Å². The lowest BCUT2D eigenvalue weighted by Crippen LogP contribution is -2.01. The van der Waals surface area contributed by atoms with Crippen LogP contribution in [0.5, 0.6) is 0 Å². The predicted molar refractivity (Wildman–Crippen MR) is 56.4 cm³/mol. The molecule has 0 fully saturated rings. The van der Waals surface area contributed by atoms with Crippen LogP contribution < -0.4 is 5.32 Å². The van der Waals surface area contributed by atoms with E-state index in [1.165, 1.54) is 12.4 Å². The second-order valence-corrected chi connectivity index (χ2v) is 2.18. The fraction of sp³-hybridized carbons (Fsp3) is 0.444. The highest BCUT2D eigenvalue weighted by molar-refractivity contribution is 5.59. The van der Waals surface area contributed by atoms with Gasteiger partial charge in [0, 0.05) is 12.7 Å². The van der Waals surface area contributed by atoms with Crippen molar-refractivity contribution in [2.45, 2.75) is 20.8 Å². The quantitative estimate of drug-likeness (QED) is 0.597. The summed E-state index contributed by atoms with van der Waals surface area (Å²) < 4.78 is 0. The Bertz CT molecular complexity index is 289. The molecule has 1 aromatic heterocycles. The van der Waals surface area contributed by atoms with Gasteiger partial charge in [0.15, 0.2) is 0 Å². The summed E-state index contributed by atoms with van der Waals surface area (Å²) in [6, 6.07) is 1.58. The van der Waals surface area contributed by atoms with Gasteiger partial charge in [-0.05, 0) is 13.0 Å². The van der Waals surface area contributed by atoms with Gasteiger partial charge in [-0.2, -0.15) is 0 Å². The Labute approximate surface area is 83.3 Å². The molecule has 0 saturated carbocycles. The summed E-state index contributed by atoms with van der Waals surface area (Å²) >= 11 is 0. The van der Waals surface area contributed by atoms with Crippen LogP contribution in [0.25, 0.3) is 0 Å². The Balaban J connectivity index is 0.000000791. The van der Waals surface area contributed by atoms with Crippen LogP contribution in [-0.4, -0.2) is 16.5 Å². The van der Waals surface area contributed by atoms with E-state index in [2.05, 4.69) is 10.3 Å². The Hall–Kier alpha value is -1.65. The van der Waals surface area contributed by atoms with E-state index in [1.807, 2.05) is 20.8 Å². The van der Waals surface area contributed by atoms with E-state index in [-0.39, 0.29) is 5.69 Å². The molecular formula is C9H15N3O2. The van der Waals surface area contributed by atoms with Crippen molar-refractivity contribution >= 4 is 11.4 Å². The van der Waals surface area contributed by atoms with Crippen molar-refractivity contribution in [1.29, 1.82) is 0 Å². The SMILES string of the molecule is CC.CCNc1ccncc1[N+](=O)[O-]. The summed E-state index contributed by atoms with van der Waals surface area (Å²) in [5.41, 5.74) is 0.525. The normalized spacial score (nSPS) is 8.50. The lowest BCUT2D eigenvalue weighted by Gasteiger charge is -2.01. The average molecular weight is 197 g/mol. The van der Waals surface area contributed by atoms with Crippen LogP contribution >= 0.6 is 0 Å². The molecule has 1 aromatic rings. The summed E-state index contributed by atoms with van der Waals surface area (Å²) in [4.78, 5) is 13.6. The van der Waals surface area contributed by atoms with Crippen LogP contribution in [0.3, 0.4) is 0 Å². The van der Waals surface area contributed by atoms with Crippen molar-refractivity contribution in [1.82, 2.24) is 4.98 Å². The molecule has 0 bridgehead atoms. The smallest absolute Gasteiger partial charge is 0.310 e. The molecule has 0 atom stereocenters. The van der Waals surface area contributed by atoms with Gasteiger partial charge >= 0.3 is 5.69 Å². The number of rotatable bonds is 3. The number of hydrogen-bond acceptors (Lipinski definition) is 4. The Kier molecular flexibility index (Phi) is 6.02. The second-order valence-electron chi connectivity index (χ2n) is 2.18. The maximum absolute atomic E-state index is 10.4. The molecule has 0 saturated heterocycles. The van der Waals surface area contributed by atoms with Gasteiger partial charge in [0.1, 0.15) is 11.9 Å². The molecule has 78 valence electrons. The minimum absolute atomic E-state index is 0.0133. The molecule has 0 unspecified atom stereocenters. The van der Waals surface area contributed by atoms with Gasteiger partial charge in [0.25, 0.3) is 0 Å². The van der Waals surface area contributed by atoms with Crippen molar-refractivity contribution in [2.24, 2.45) is 0 Å². The number of pyridine rings is 1. The zero-order chi connectivity index (χ0) is 11.0. The standard InChI is InChI=1S/C7H9N3O2.C2H6/c1-2-9-6-3-4-8-5-7(6)10(11)12;1-2/h3-5H,2H2,1H3,(H,8,9);1-2H3. The molecule has 1 rings (SSSR count). The first kappa shape index (κ1) is 12.3. The van der Waals surface area contributed by atoms with Gasteiger partial charge in [0.2, 0.25) is 0 Å². The number of aromatic nitrogens is 1. The maximum Gasteiger partial charge on any atom is 0.310 e. The molecule has 5 heteroatoms. The zero-order valence-electron chi connectivity index (χ0n) is 8.65. The van der Waals surface area contributed by atoms with Crippen LogP contribution in [0.4, 0.5) is 11.4 Å². The van der Waals surface area contributed by atoms with E-state index in [1.54, 1.807) is 6.07 Å². The number of nitrogens with one attached hydrogen (secondary N) is 1. The first-order valence-electron chi connectivity index (χ1n) is 4.58. The molecule has 0 aromatic carbocycles. The van der Waals surface area contributed by atoms with Crippen LogP contribution in [0.2, 0.25) is 0 Å². The van der Waals surface area contributed by atoms with Gasteiger partial charge in [0.05, 0.1) is 4.92 Å². The number of hydrogen-bond donors (Lipinski definition) is 1. The van der Waals surface area contributed by atoms with E-state index in [0.29, 0.717) is 12.2 Å². The van der Waals surface area contributed by atoms with Crippen molar-refractivity contribution in [2.75, 3.05) is 11.9 Å². The van der Waals surface area contributed by atoms with E-state index >= 15 is 0 Å². The fourth-order valence-corrected chi connectivity index (χ4v) is 0.872. The molecule has 0 aliphatic carbocycles. The zero-order valence-corrected chi connectivity index (χ0v) is 8.65. The predicted octanol–water partition coefficient (Wildman–Crippen LogP) is 2.45. The topological polar surface area (TPSA) is 68.1 Å². The lowest BCUT2D eigenvalue weighted by molar-refractivity contribution is -0.384. The molecular weight excluding hydrogens is 182 g/mol. The summed E-state index contributed by atoms with van der Waals surface area (Å²) in [7, 11) is 0. The second kappa shape index (κ2) is 6.82. The minimum atomic E-state index is -0.453. The lowest BCUT2D eigenvalue weighted by atomic mass is 10.3. The highest BCUT2D eigenvalue weighted by Gasteiger charge is 2.11. The molecule has 0 aliphatic heterocycles. The number of nitrogens with zero attached hydrogens (tertiary/aromatic N) is 2. The third-order valence-electron chi connectivity index (χ3n) is 1.36. The summed E-state index contributed by atoms with van der Waals surface area (Å²) in [5.74, 6) is 0. The van der Waals surface area contributed by atoms with Gasteiger partial charge in [-0.3, -0.25) is 15.1 Å². The van der Waals surface area contributed by atoms with Crippen LogP contribution in [0.15, 0.2) is 18.5 Å². The molecule has 14 heavy (non-hydrogen) atoms. The highest BCUT2D eigenvalue weighted by Crippen LogP contribution is 2.20. The molecule has 5 nitrogen and oxygen atoms in total. The third kappa shape index (κ3) is 3.38. The van der Waals surface area contributed by atoms with E-state index < -0.39 is 4.92 Å². The van der Waals surface area contributed by atoms with Gasteiger partial charge in [-0.15, -0.1) is 0 Å². The van der Waals surface area contributed by atoms with E-state index in [4.69, 9.17) is 0 Å². The largest absolute Gasteiger partial charge is 0.380 e. The van der Waals surface area contributed by atoms with Crippen molar-refractivity contribution < 1.29 is 4.92 Å². The van der Waals surface area contributed by atoms with E-state index in [9.17, 15) is 10.1 Å². The van der Waals surface area contributed by atoms with Gasteiger partial charge < -0.3 is 5.32 Å². The van der Waals surface area contributed by atoms with Crippen LogP contribution in [-0.2, 0) is 0 Å². The van der Waals surface area contributed by atoms with E-state index in [0.717, 1.165) is 0 Å². The van der Waals surface area contributed by atoms with Gasteiger partial charge in [-0.25, -0.2) is 0 Å². The summed E-state index contributed by atoms with van der Waals surface area (Å²) in [5, 5.41) is 13.3. The summed E-state index contributed by atoms with van der Waals surface area (Å²) in [6.07, 6.45) is 2.75. The third-order valence-corrected chi connectivity index (χ3v) is 1.36.